The summed E-state index contributed by atoms with van der Waals surface area (Å²) in [7, 11) is 1.61. The minimum atomic E-state index is -0.290. The number of hydrogen-bond donors (Lipinski definition) is 1. The van der Waals surface area contributed by atoms with Gasteiger partial charge in [0.15, 0.2) is 0 Å². The Kier molecular flexibility index (Phi) is 5.73. The third-order valence-corrected chi connectivity index (χ3v) is 5.36. The van der Waals surface area contributed by atoms with Crippen molar-refractivity contribution in [3.63, 3.8) is 0 Å². The molecule has 3 rings (SSSR count). The van der Waals surface area contributed by atoms with Gasteiger partial charge in [-0.05, 0) is 63.1 Å². The highest BCUT2D eigenvalue weighted by Gasteiger charge is 2.18. The molecule has 4 nitrogen and oxygen atoms in total. The molecule has 0 unspecified atom stereocenters. The standard InChI is InChI=1S/C22H21Cl2NO3/c1-11(8-20(26)25-19-7-6-15(23)9-18(19)24)16-10-17-12(2)14(4)28-22(17)13(3)21(16)27-5/h6-10H,1-5H3,(H,25,26)/b11-8+. The molecule has 0 saturated carbocycles. The Hall–Kier alpha value is -2.43. The summed E-state index contributed by atoms with van der Waals surface area (Å²) in [5, 5.41) is 4.68. The van der Waals surface area contributed by atoms with Crippen molar-refractivity contribution >= 4 is 51.3 Å². The normalized spacial score (nSPS) is 11.8. The molecule has 1 N–H and O–H groups in total. The minimum Gasteiger partial charge on any atom is -0.496 e. The maximum atomic E-state index is 12.5. The monoisotopic (exact) mass is 417 g/mol. The summed E-state index contributed by atoms with van der Waals surface area (Å²) in [5.41, 5.74) is 4.89. The number of halogens is 2. The van der Waals surface area contributed by atoms with Crippen LogP contribution in [-0.4, -0.2) is 13.0 Å². The van der Waals surface area contributed by atoms with Gasteiger partial charge >= 0.3 is 0 Å². The molecule has 0 spiro atoms. The van der Waals surface area contributed by atoms with Crippen molar-refractivity contribution in [1.29, 1.82) is 0 Å². The fourth-order valence-electron chi connectivity index (χ4n) is 3.20. The van der Waals surface area contributed by atoms with E-state index in [1.165, 1.54) is 6.08 Å². The molecular formula is C22H21Cl2NO3. The lowest BCUT2D eigenvalue weighted by Gasteiger charge is -2.13. The molecule has 6 heteroatoms. The molecule has 0 atom stereocenters. The molecule has 0 aliphatic heterocycles. The van der Waals surface area contributed by atoms with Gasteiger partial charge in [0.25, 0.3) is 0 Å². The van der Waals surface area contributed by atoms with Gasteiger partial charge in [-0.25, -0.2) is 0 Å². The number of allylic oxidation sites excluding steroid dienone is 1. The minimum absolute atomic E-state index is 0.290. The van der Waals surface area contributed by atoms with E-state index in [0.29, 0.717) is 21.5 Å². The number of carbonyl (C=O) groups excluding carboxylic acids is 1. The number of ether oxygens (including phenoxy) is 1. The Balaban J connectivity index is 2.00. The summed E-state index contributed by atoms with van der Waals surface area (Å²) in [4.78, 5) is 12.5. The highest BCUT2D eigenvalue weighted by atomic mass is 35.5. The van der Waals surface area contributed by atoms with E-state index in [4.69, 9.17) is 32.4 Å². The first kappa shape index (κ1) is 20.3. The number of rotatable bonds is 4. The fraction of sp³-hybridized carbons (Fsp3) is 0.227. The second-order valence-electron chi connectivity index (χ2n) is 6.68. The van der Waals surface area contributed by atoms with Crippen molar-refractivity contribution in [3.05, 3.63) is 62.8 Å². The predicted octanol–water partition coefficient (Wildman–Crippen LogP) is 6.72. The van der Waals surface area contributed by atoms with Crippen molar-refractivity contribution in [2.24, 2.45) is 0 Å². The van der Waals surface area contributed by atoms with E-state index in [1.54, 1.807) is 25.3 Å². The molecule has 0 fully saturated rings. The summed E-state index contributed by atoms with van der Waals surface area (Å²) >= 11 is 12.0. The van der Waals surface area contributed by atoms with Crippen molar-refractivity contribution in [3.8, 4) is 5.75 Å². The Bertz CT molecular complexity index is 1110. The lowest BCUT2D eigenvalue weighted by Crippen LogP contribution is -2.09. The van der Waals surface area contributed by atoms with Gasteiger partial charge in [0.1, 0.15) is 17.1 Å². The number of methoxy groups -OCH3 is 1. The second-order valence-corrected chi connectivity index (χ2v) is 7.53. The van der Waals surface area contributed by atoms with E-state index in [0.717, 1.165) is 39.0 Å². The second kappa shape index (κ2) is 7.90. The van der Waals surface area contributed by atoms with Gasteiger partial charge in [-0.2, -0.15) is 0 Å². The first-order valence-electron chi connectivity index (χ1n) is 8.75. The first-order valence-corrected chi connectivity index (χ1v) is 9.50. The summed E-state index contributed by atoms with van der Waals surface area (Å²) in [5.74, 6) is 1.27. The van der Waals surface area contributed by atoms with Crippen molar-refractivity contribution in [2.45, 2.75) is 27.7 Å². The van der Waals surface area contributed by atoms with E-state index >= 15 is 0 Å². The average Bonchev–Trinajstić information content (AvgIpc) is 2.92. The molecule has 28 heavy (non-hydrogen) atoms. The average molecular weight is 418 g/mol. The van der Waals surface area contributed by atoms with Crippen LogP contribution in [0.1, 0.15) is 29.4 Å². The number of benzene rings is 2. The van der Waals surface area contributed by atoms with Crippen LogP contribution in [0, 0.1) is 20.8 Å². The number of anilines is 1. The molecule has 2 aromatic carbocycles. The van der Waals surface area contributed by atoms with Crippen LogP contribution < -0.4 is 10.1 Å². The van der Waals surface area contributed by atoms with Gasteiger partial charge in [0.05, 0.1) is 17.8 Å². The zero-order valence-electron chi connectivity index (χ0n) is 16.4. The van der Waals surface area contributed by atoms with E-state index in [-0.39, 0.29) is 5.91 Å². The van der Waals surface area contributed by atoms with Crippen molar-refractivity contribution < 1.29 is 13.9 Å². The van der Waals surface area contributed by atoms with Crippen LogP contribution in [0.4, 0.5) is 5.69 Å². The zero-order valence-corrected chi connectivity index (χ0v) is 17.9. The molecule has 0 radical (unpaired) electrons. The van der Waals surface area contributed by atoms with Crippen LogP contribution >= 0.6 is 23.2 Å². The van der Waals surface area contributed by atoms with E-state index in [1.807, 2.05) is 33.8 Å². The number of nitrogens with one attached hydrogen (secondary N) is 1. The van der Waals surface area contributed by atoms with Crippen LogP contribution in [0.25, 0.3) is 16.5 Å². The van der Waals surface area contributed by atoms with Crippen LogP contribution in [0.5, 0.6) is 5.75 Å². The topological polar surface area (TPSA) is 51.5 Å². The van der Waals surface area contributed by atoms with Gasteiger partial charge in [-0.3, -0.25) is 4.79 Å². The maximum absolute atomic E-state index is 12.5. The van der Waals surface area contributed by atoms with Crippen LogP contribution in [0.15, 0.2) is 34.8 Å². The highest BCUT2D eigenvalue weighted by Crippen LogP contribution is 2.38. The van der Waals surface area contributed by atoms with Gasteiger partial charge in [-0.15, -0.1) is 0 Å². The third-order valence-electron chi connectivity index (χ3n) is 4.81. The number of amides is 1. The van der Waals surface area contributed by atoms with Gasteiger partial charge in [0.2, 0.25) is 5.91 Å². The van der Waals surface area contributed by atoms with Crippen molar-refractivity contribution in [1.82, 2.24) is 0 Å². The lowest BCUT2D eigenvalue weighted by molar-refractivity contribution is -0.111. The molecule has 146 valence electrons. The molecule has 0 bridgehead atoms. The summed E-state index contributed by atoms with van der Waals surface area (Å²) in [6, 6.07) is 6.92. The Morgan fingerprint density at radius 3 is 2.50 bits per heavy atom. The number of fused-ring (bicyclic) bond motifs is 1. The van der Waals surface area contributed by atoms with Gasteiger partial charge in [0, 0.05) is 27.6 Å². The van der Waals surface area contributed by atoms with Crippen molar-refractivity contribution in [2.75, 3.05) is 12.4 Å². The van der Waals surface area contributed by atoms with Gasteiger partial charge in [-0.1, -0.05) is 23.2 Å². The van der Waals surface area contributed by atoms with Crippen LogP contribution in [-0.2, 0) is 4.79 Å². The SMILES string of the molecule is COc1c(/C(C)=C/C(=O)Nc2ccc(Cl)cc2Cl)cc2c(C)c(C)oc2c1C. The maximum Gasteiger partial charge on any atom is 0.248 e. The van der Waals surface area contributed by atoms with Gasteiger partial charge < -0.3 is 14.5 Å². The molecule has 1 amide bonds. The third kappa shape index (κ3) is 3.75. The molecule has 1 heterocycles. The Morgan fingerprint density at radius 2 is 1.86 bits per heavy atom. The molecule has 0 aliphatic carbocycles. The van der Waals surface area contributed by atoms with Crippen LogP contribution in [0.2, 0.25) is 10.0 Å². The quantitative estimate of drug-likeness (QED) is 0.479. The number of furan rings is 1. The number of carbonyl (C=O) groups is 1. The molecule has 1 aromatic heterocycles. The van der Waals surface area contributed by atoms with E-state index in [9.17, 15) is 4.79 Å². The Labute approximate surface area is 174 Å². The van der Waals surface area contributed by atoms with E-state index < -0.39 is 0 Å². The highest BCUT2D eigenvalue weighted by molar-refractivity contribution is 6.36. The van der Waals surface area contributed by atoms with Crippen LogP contribution in [0.3, 0.4) is 0 Å². The molecular weight excluding hydrogens is 397 g/mol. The Morgan fingerprint density at radius 1 is 1.14 bits per heavy atom. The largest absolute Gasteiger partial charge is 0.496 e. The summed E-state index contributed by atoms with van der Waals surface area (Å²) in [6.07, 6.45) is 1.52. The lowest BCUT2D eigenvalue weighted by atomic mass is 9.98. The molecule has 0 aliphatic rings. The number of hydrogen-bond acceptors (Lipinski definition) is 3. The summed E-state index contributed by atoms with van der Waals surface area (Å²) < 4.78 is 11.5. The molecule has 0 saturated heterocycles. The number of aryl methyl sites for hydroxylation is 3. The first-order chi connectivity index (χ1) is 13.2. The predicted molar refractivity (Wildman–Crippen MR) is 116 cm³/mol. The summed E-state index contributed by atoms with van der Waals surface area (Å²) in [6.45, 7) is 7.78. The fourth-order valence-corrected chi connectivity index (χ4v) is 3.66. The zero-order chi connectivity index (χ0) is 20.6. The smallest absolute Gasteiger partial charge is 0.248 e. The molecule has 3 aromatic rings. The van der Waals surface area contributed by atoms with E-state index in [2.05, 4.69) is 5.32 Å².